The van der Waals surface area contributed by atoms with E-state index in [0.717, 1.165) is 23.6 Å². The SMILES string of the molecule is COc1cc(S(=O)(=O)Nc2ccccc2F)cc(C(=O)OCC(=O)c2cccc3ccccc23)c1OC. The minimum absolute atomic E-state index is 0.0776. The molecule has 0 bridgehead atoms. The first-order valence-corrected chi connectivity index (χ1v) is 12.4. The zero-order valence-corrected chi connectivity index (χ0v) is 20.7. The molecular formula is C27H22FNO7S. The number of halogens is 1. The topological polar surface area (TPSA) is 108 Å². The second-order valence-electron chi connectivity index (χ2n) is 7.82. The van der Waals surface area contributed by atoms with Crippen LogP contribution in [-0.2, 0) is 14.8 Å². The maximum Gasteiger partial charge on any atom is 0.342 e. The lowest BCUT2D eigenvalue weighted by Gasteiger charge is -2.16. The van der Waals surface area contributed by atoms with E-state index in [1.54, 1.807) is 24.3 Å². The molecule has 10 heteroatoms. The van der Waals surface area contributed by atoms with Crippen LogP contribution in [-0.4, -0.2) is 41.0 Å². The fourth-order valence-electron chi connectivity index (χ4n) is 3.75. The van der Waals surface area contributed by atoms with Crippen LogP contribution >= 0.6 is 0 Å². The van der Waals surface area contributed by atoms with E-state index in [1.807, 2.05) is 18.2 Å². The van der Waals surface area contributed by atoms with E-state index in [2.05, 4.69) is 4.72 Å². The molecule has 4 aromatic carbocycles. The Hall–Kier alpha value is -4.44. The maximum absolute atomic E-state index is 14.0. The molecule has 0 atom stereocenters. The summed E-state index contributed by atoms with van der Waals surface area (Å²) < 4.78 is 57.9. The van der Waals surface area contributed by atoms with Crippen molar-refractivity contribution in [2.24, 2.45) is 0 Å². The highest BCUT2D eigenvalue weighted by Gasteiger charge is 2.26. The summed E-state index contributed by atoms with van der Waals surface area (Å²) in [6, 6.07) is 19.9. The number of fused-ring (bicyclic) bond motifs is 1. The molecule has 8 nitrogen and oxygen atoms in total. The zero-order chi connectivity index (χ0) is 26.6. The molecule has 0 heterocycles. The van der Waals surface area contributed by atoms with Crippen molar-refractivity contribution in [2.45, 2.75) is 4.90 Å². The standard InChI is InChI=1S/C27H22FNO7S/c1-34-25-15-18(37(32,33)29-23-13-6-5-12-22(23)28)14-21(26(25)35-2)27(31)36-16-24(30)20-11-7-9-17-8-3-4-10-19(17)20/h3-15,29H,16H2,1-2H3. The number of esters is 1. The van der Waals surface area contributed by atoms with Gasteiger partial charge in [-0.05, 0) is 29.0 Å². The Morgan fingerprint density at radius 3 is 2.30 bits per heavy atom. The molecule has 4 aromatic rings. The lowest BCUT2D eigenvalue weighted by molar-refractivity contribution is 0.0471. The summed E-state index contributed by atoms with van der Waals surface area (Å²) in [5, 5.41) is 1.56. The Balaban J connectivity index is 1.63. The van der Waals surface area contributed by atoms with Crippen LogP contribution in [0.1, 0.15) is 20.7 Å². The number of benzene rings is 4. The van der Waals surface area contributed by atoms with Crippen molar-refractivity contribution < 1.29 is 36.6 Å². The molecule has 0 fully saturated rings. The van der Waals surface area contributed by atoms with Gasteiger partial charge in [-0.25, -0.2) is 17.6 Å². The number of hydrogen-bond acceptors (Lipinski definition) is 7. The lowest BCUT2D eigenvalue weighted by atomic mass is 10.0. The third kappa shape index (κ3) is 5.39. The van der Waals surface area contributed by atoms with Crippen LogP contribution in [0.25, 0.3) is 10.8 Å². The van der Waals surface area contributed by atoms with E-state index in [9.17, 15) is 22.4 Å². The highest BCUT2D eigenvalue weighted by Crippen LogP contribution is 2.35. The summed E-state index contributed by atoms with van der Waals surface area (Å²) in [6.45, 7) is -0.594. The number of anilines is 1. The van der Waals surface area contributed by atoms with Crippen molar-refractivity contribution in [3.63, 3.8) is 0 Å². The monoisotopic (exact) mass is 523 g/mol. The molecule has 0 saturated carbocycles. The Labute approximate surface area is 212 Å². The number of para-hydroxylation sites is 1. The molecule has 0 saturated heterocycles. The zero-order valence-electron chi connectivity index (χ0n) is 19.9. The predicted molar refractivity (Wildman–Crippen MR) is 135 cm³/mol. The molecule has 0 radical (unpaired) electrons. The molecule has 0 aliphatic carbocycles. The smallest absolute Gasteiger partial charge is 0.342 e. The Kier molecular flexibility index (Phi) is 7.40. The third-order valence-corrected chi connectivity index (χ3v) is 6.87. The number of methoxy groups -OCH3 is 2. The van der Waals surface area contributed by atoms with Crippen LogP contribution in [0.15, 0.2) is 83.8 Å². The first kappa shape index (κ1) is 25.6. The molecular weight excluding hydrogens is 501 g/mol. The number of ketones is 1. The van der Waals surface area contributed by atoms with Gasteiger partial charge >= 0.3 is 5.97 Å². The number of rotatable bonds is 9. The van der Waals surface area contributed by atoms with Gasteiger partial charge in [0.1, 0.15) is 11.4 Å². The van der Waals surface area contributed by atoms with Crippen molar-refractivity contribution >= 4 is 38.2 Å². The highest BCUT2D eigenvalue weighted by atomic mass is 32.2. The average Bonchev–Trinajstić information content (AvgIpc) is 2.91. The molecule has 0 unspecified atom stereocenters. The fraction of sp³-hybridized carbons (Fsp3) is 0.111. The van der Waals surface area contributed by atoms with Gasteiger partial charge in [0.25, 0.3) is 10.0 Å². The summed E-state index contributed by atoms with van der Waals surface area (Å²) in [4.78, 5) is 25.5. The molecule has 0 aromatic heterocycles. The fourth-order valence-corrected chi connectivity index (χ4v) is 4.86. The van der Waals surface area contributed by atoms with Gasteiger partial charge in [-0.2, -0.15) is 0 Å². The normalized spacial score (nSPS) is 11.1. The third-order valence-electron chi connectivity index (χ3n) is 5.53. The molecule has 0 aliphatic heterocycles. The molecule has 0 amide bonds. The quantitative estimate of drug-likeness (QED) is 0.247. The van der Waals surface area contributed by atoms with Gasteiger partial charge in [0, 0.05) is 11.6 Å². The Bertz CT molecular complexity index is 1600. The highest BCUT2D eigenvalue weighted by molar-refractivity contribution is 7.92. The number of hydrogen-bond donors (Lipinski definition) is 1. The number of carbonyl (C=O) groups excluding carboxylic acids is 2. The summed E-state index contributed by atoms with van der Waals surface area (Å²) in [5.41, 5.74) is -0.190. The van der Waals surface area contributed by atoms with Gasteiger partial charge in [0.15, 0.2) is 18.1 Å². The summed E-state index contributed by atoms with van der Waals surface area (Å²) >= 11 is 0. The summed E-state index contributed by atoms with van der Waals surface area (Å²) in [5.74, 6) is -2.40. The van der Waals surface area contributed by atoms with Gasteiger partial charge in [0.05, 0.1) is 24.8 Å². The molecule has 0 spiro atoms. The first-order valence-electron chi connectivity index (χ1n) is 11.0. The van der Waals surface area contributed by atoms with Crippen molar-refractivity contribution in [2.75, 3.05) is 25.5 Å². The van der Waals surface area contributed by atoms with Crippen LogP contribution in [0.2, 0.25) is 0 Å². The average molecular weight is 524 g/mol. The maximum atomic E-state index is 14.0. The number of sulfonamides is 1. The van der Waals surface area contributed by atoms with Gasteiger partial charge in [-0.15, -0.1) is 0 Å². The molecule has 190 valence electrons. The van der Waals surface area contributed by atoms with Gasteiger partial charge in [-0.1, -0.05) is 54.6 Å². The predicted octanol–water partition coefficient (Wildman–Crippen LogP) is 4.84. The minimum Gasteiger partial charge on any atom is -0.493 e. The van der Waals surface area contributed by atoms with Crippen LogP contribution in [0.5, 0.6) is 11.5 Å². The van der Waals surface area contributed by atoms with Crippen molar-refractivity contribution in [3.05, 3.63) is 95.8 Å². The van der Waals surface area contributed by atoms with Crippen LogP contribution in [0.4, 0.5) is 10.1 Å². The second-order valence-corrected chi connectivity index (χ2v) is 9.50. The van der Waals surface area contributed by atoms with E-state index < -0.39 is 39.1 Å². The number of carbonyl (C=O) groups is 2. The van der Waals surface area contributed by atoms with Crippen molar-refractivity contribution in [3.8, 4) is 11.5 Å². The van der Waals surface area contributed by atoms with E-state index in [4.69, 9.17) is 14.2 Å². The number of ether oxygens (including phenoxy) is 3. The molecule has 37 heavy (non-hydrogen) atoms. The van der Waals surface area contributed by atoms with Crippen molar-refractivity contribution in [1.29, 1.82) is 0 Å². The lowest BCUT2D eigenvalue weighted by Crippen LogP contribution is -2.18. The van der Waals surface area contributed by atoms with E-state index >= 15 is 0 Å². The molecule has 0 aliphatic rings. The van der Waals surface area contributed by atoms with Gasteiger partial charge in [-0.3, -0.25) is 9.52 Å². The van der Waals surface area contributed by atoms with Gasteiger partial charge < -0.3 is 14.2 Å². The minimum atomic E-state index is -4.35. The summed E-state index contributed by atoms with van der Waals surface area (Å²) in [7, 11) is -1.82. The van der Waals surface area contributed by atoms with Crippen molar-refractivity contribution in [1.82, 2.24) is 0 Å². The second kappa shape index (κ2) is 10.7. The Morgan fingerprint density at radius 1 is 0.865 bits per heavy atom. The number of Topliss-reactive ketones (excluding diaryl/α,β-unsaturated/α-hetero) is 1. The van der Waals surface area contributed by atoms with Crippen LogP contribution < -0.4 is 14.2 Å². The van der Waals surface area contributed by atoms with Gasteiger partial charge in [0.2, 0.25) is 5.78 Å². The van der Waals surface area contributed by atoms with E-state index in [-0.39, 0.29) is 22.7 Å². The van der Waals surface area contributed by atoms with E-state index in [1.165, 1.54) is 32.4 Å². The largest absolute Gasteiger partial charge is 0.493 e. The van der Waals surface area contributed by atoms with E-state index in [0.29, 0.717) is 10.9 Å². The summed E-state index contributed by atoms with van der Waals surface area (Å²) in [6.07, 6.45) is 0. The van der Waals surface area contributed by atoms with Crippen LogP contribution in [0.3, 0.4) is 0 Å². The molecule has 1 N–H and O–H groups in total. The first-order chi connectivity index (χ1) is 17.7. The van der Waals surface area contributed by atoms with Crippen LogP contribution in [0, 0.1) is 5.82 Å². The molecule has 4 rings (SSSR count). The number of nitrogens with one attached hydrogen (secondary N) is 1. The Morgan fingerprint density at radius 2 is 1.57 bits per heavy atom.